The van der Waals surface area contributed by atoms with E-state index in [2.05, 4.69) is 11.7 Å². The second-order valence-corrected chi connectivity index (χ2v) is 7.33. The zero-order valence-electron chi connectivity index (χ0n) is 15.0. The van der Waals surface area contributed by atoms with Gasteiger partial charge in [0.2, 0.25) is 5.91 Å². The van der Waals surface area contributed by atoms with Crippen molar-refractivity contribution in [2.75, 3.05) is 30.0 Å². The van der Waals surface area contributed by atoms with E-state index in [0.29, 0.717) is 12.1 Å². The van der Waals surface area contributed by atoms with Gasteiger partial charge in [0.15, 0.2) is 0 Å². The molecule has 0 aliphatic carbocycles. The van der Waals surface area contributed by atoms with Gasteiger partial charge in [-0.15, -0.1) is 0 Å². The fraction of sp³-hybridized carbons (Fsp3) is 0.316. The Hall–Kier alpha value is -2.54. The standard InChI is InChI=1S/C19H22N4O2S/c1-4-18(24)22(3)16-7-5-14(6-8-16)19(25)23-9-10-26-13-17(23)15-11-20-21(2)12-15/h4-8,11-12,17H,1,9-10,13H2,2-3H3. The van der Waals surface area contributed by atoms with Gasteiger partial charge in [0, 0.05) is 55.2 Å². The summed E-state index contributed by atoms with van der Waals surface area (Å²) in [6.07, 6.45) is 5.06. The Labute approximate surface area is 157 Å². The van der Waals surface area contributed by atoms with Crippen molar-refractivity contribution in [2.45, 2.75) is 6.04 Å². The Morgan fingerprint density at radius 2 is 2.08 bits per heavy atom. The van der Waals surface area contributed by atoms with Gasteiger partial charge in [-0.05, 0) is 30.3 Å². The molecule has 1 saturated heterocycles. The van der Waals surface area contributed by atoms with E-state index in [1.165, 1.54) is 11.0 Å². The Bertz CT molecular complexity index is 815. The van der Waals surface area contributed by atoms with E-state index >= 15 is 0 Å². The van der Waals surface area contributed by atoms with E-state index in [9.17, 15) is 9.59 Å². The molecular formula is C19H22N4O2S. The molecule has 26 heavy (non-hydrogen) atoms. The first-order valence-corrected chi connectivity index (χ1v) is 9.54. The highest BCUT2D eigenvalue weighted by atomic mass is 32.2. The zero-order valence-corrected chi connectivity index (χ0v) is 15.8. The van der Waals surface area contributed by atoms with Gasteiger partial charge in [0.25, 0.3) is 5.91 Å². The third-order valence-electron chi connectivity index (χ3n) is 4.51. The number of nitrogens with zero attached hydrogens (tertiary/aromatic N) is 4. The van der Waals surface area contributed by atoms with Crippen LogP contribution in [0.3, 0.4) is 0 Å². The number of anilines is 1. The molecule has 1 aliphatic heterocycles. The molecule has 0 radical (unpaired) electrons. The number of amides is 2. The van der Waals surface area contributed by atoms with E-state index in [4.69, 9.17) is 0 Å². The summed E-state index contributed by atoms with van der Waals surface area (Å²) in [4.78, 5) is 28.2. The Morgan fingerprint density at radius 1 is 1.35 bits per heavy atom. The fourth-order valence-electron chi connectivity index (χ4n) is 2.99. The third kappa shape index (κ3) is 3.67. The van der Waals surface area contributed by atoms with E-state index in [1.807, 2.05) is 36.1 Å². The molecule has 3 rings (SSSR count). The second-order valence-electron chi connectivity index (χ2n) is 6.18. The summed E-state index contributed by atoms with van der Waals surface area (Å²) >= 11 is 1.85. The number of thioether (sulfide) groups is 1. The summed E-state index contributed by atoms with van der Waals surface area (Å²) in [5.74, 6) is 1.61. The van der Waals surface area contributed by atoms with Crippen LogP contribution in [0.15, 0.2) is 49.3 Å². The maximum absolute atomic E-state index is 13.1. The highest BCUT2D eigenvalue weighted by Gasteiger charge is 2.30. The van der Waals surface area contributed by atoms with E-state index in [0.717, 1.165) is 22.8 Å². The highest BCUT2D eigenvalue weighted by Crippen LogP contribution is 2.30. The van der Waals surface area contributed by atoms with Crippen molar-refractivity contribution >= 4 is 29.3 Å². The molecule has 1 aromatic carbocycles. The number of hydrogen-bond acceptors (Lipinski definition) is 4. The van der Waals surface area contributed by atoms with Crippen LogP contribution in [-0.2, 0) is 11.8 Å². The first-order chi connectivity index (χ1) is 12.5. The van der Waals surface area contributed by atoms with Crippen molar-refractivity contribution in [1.29, 1.82) is 0 Å². The van der Waals surface area contributed by atoms with Crippen molar-refractivity contribution in [3.8, 4) is 0 Å². The van der Waals surface area contributed by atoms with Gasteiger partial charge in [-0.1, -0.05) is 6.58 Å². The minimum Gasteiger partial charge on any atom is -0.330 e. The number of carbonyl (C=O) groups is 2. The molecule has 1 fully saturated rings. The number of benzene rings is 1. The minimum absolute atomic E-state index is 0.00315. The molecule has 0 spiro atoms. The molecule has 1 aromatic heterocycles. The average molecular weight is 370 g/mol. The number of likely N-dealkylation sites (N-methyl/N-ethyl adjacent to an activating group) is 1. The maximum atomic E-state index is 13.1. The number of aromatic nitrogens is 2. The molecule has 6 nitrogen and oxygen atoms in total. The highest BCUT2D eigenvalue weighted by molar-refractivity contribution is 7.99. The molecule has 0 bridgehead atoms. The topological polar surface area (TPSA) is 58.4 Å². The fourth-order valence-corrected chi connectivity index (χ4v) is 4.08. The number of carbonyl (C=O) groups excluding carboxylic acids is 2. The van der Waals surface area contributed by atoms with Crippen LogP contribution >= 0.6 is 11.8 Å². The van der Waals surface area contributed by atoms with Crippen molar-refractivity contribution < 1.29 is 9.59 Å². The smallest absolute Gasteiger partial charge is 0.254 e. The van der Waals surface area contributed by atoms with E-state index in [1.54, 1.807) is 36.0 Å². The van der Waals surface area contributed by atoms with Crippen molar-refractivity contribution in [3.05, 3.63) is 60.4 Å². The molecule has 1 unspecified atom stereocenters. The lowest BCUT2D eigenvalue weighted by Gasteiger charge is -2.35. The molecule has 7 heteroatoms. The van der Waals surface area contributed by atoms with Gasteiger partial charge in [-0.3, -0.25) is 14.3 Å². The van der Waals surface area contributed by atoms with Gasteiger partial charge in [-0.25, -0.2) is 0 Å². The second kappa shape index (κ2) is 7.78. The number of aryl methyl sites for hydroxylation is 1. The zero-order chi connectivity index (χ0) is 18.7. The largest absolute Gasteiger partial charge is 0.330 e. The van der Waals surface area contributed by atoms with Crippen molar-refractivity contribution in [1.82, 2.24) is 14.7 Å². The summed E-state index contributed by atoms with van der Waals surface area (Å²) in [7, 11) is 3.56. The van der Waals surface area contributed by atoms with Gasteiger partial charge >= 0.3 is 0 Å². The van der Waals surface area contributed by atoms with Crippen molar-refractivity contribution in [3.63, 3.8) is 0 Å². The summed E-state index contributed by atoms with van der Waals surface area (Å²) in [5.41, 5.74) is 2.40. The SMILES string of the molecule is C=CC(=O)N(C)c1ccc(C(=O)N2CCSCC2c2cnn(C)c2)cc1. The summed E-state index contributed by atoms with van der Waals surface area (Å²) in [5, 5.41) is 4.24. The molecule has 0 N–H and O–H groups in total. The van der Waals surface area contributed by atoms with Crippen LogP contribution in [0.1, 0.15) is 22.0 Å². The summed E-state index contributed by atoms with van der Waals surface area (Å²) in [6.45, 7) is 4.20. The predicted octanol–water partition coefficient (Wildman–Crippen LogP) is 2.50. The lowest BCUT2D eigenvalue weighted by Crippen LogP contribution is -2.40. The molecule has 136 valence electrons. The third-order valence-corrected chi connectivity index (χ3v) is 5.53. The molecule has 1 aliphatic rings. The van der Waals surface area contributed by atoms with Crippen molar-refractivity contribution in [2.24, 2.45) is 7.05 Å². The molecule has 1 atom stereocenters. The first kappa shape index (κ1) is 18.3. The van der Waals surface area contributed by atoms with E-state index < -0.39 is 0 Å². The lowest BCUT2D eigenvalue weighted by molar-refractivity contribution is -0.113. The van der Waals surface area contributed by atoms with Crippen LogP contribution in [0.4, 0.5) is 5.69 Å². The average Bonchev–Trinajstić information content (AvgIpc) is 3.12. The van der Waals surface area contributed by atoms with Gasteiger partial charge in [0.05, 0.1) is 12.2 Å². The van der Waals surface area contributed by atoms with Gasteiger partial charge in [0.1, 0.15) is 0 Å². The molecule has 2 heterocycles. The lowest BCUT2D eigenvalue weighted by atomic mass is 10.1. The van der Waals surface area contributed by atoms with Crippen LogP contribution in [0.25, 0.3) is 0 Å². The van der Waals surface area contributed by atoms with E-state index in [-0.39, 0.29) is 17.9 Å². The Morgan fingerprint density at radius 3 is 2.69 bits per heavy atom. The maximum Gasteiger partial charge on any atom is 0.254 e. The molecule has 2 amide bonds. The van der Waals surface area contributed by atoms with Gasteiger partial charge < -0.3 is 9.80 Å². The first-order valence-electron chi connectivity index (χ1n) is 8.38. The molecule has 2 aromatic rings. The molecule has 0 saturated carbocycles. The Kier molecular flexibility index (Phi) is 5.46. The summed E-state index contributed by atoms with van der Waals surface area (Å²) < 4.78 is 1.76. The van der Waals surface area contributed by atoms with Gasteiger partial charge in [-0.2, -0.15) is 16.9 Å². The summed E-state index contributed by atoms with van der Waals surface area (Å²) in [6, 6.07) is 7.14. The molecular weight excluding hydrogens is 348 g/mol. The van der Waals surface area contributed by atoms with Crippen LogP contribution in [0.5, 0.6) is 0 Å². The van der Waals surface area contributed by atoms with Crippen LogP contribution in [0.2, 0.25) is 0 Å². The normalized spacial score (nSPS) is 17.0. The number of hydrogen-bond donors (Lipinski definition) is 0. The predicted molar refractivity (Wildman–Crippen MR) is 104 cm³/mol. The quantitative estimate of drug-likeness (QED) is 0.776. The van der Waals surface area contributed by atoms with Crippen LogP contribution in [-0.4, -0.2) is 51.6 Å². The monoisotopic (exact) mass is 370 g/mol. The number of rotatable bonds is 4. The Balaban J connectivity index is 1.80. The minimum atomic E-state index is -0.186. The van der Waals surface area contributed by atoms with Crippen LogP contribution < -0.4 is 4.90 Å². The van der Waals surface area contributed by atoms with Crippen LogP contribution in [0, 0.1) is 0 Å².